The first kappa shape index (κ1) is 22.7. The van der Waals surface area contributed by atoms with E-state index >= 15 is 0 Å². The Kier molecular flexibility index (Phi) is 16.3. The molecule has 0 aliphatic carbocycles. The molecule has 0 amide bonds. The van der Waals surface area contributed by atoms with Crippen LogP contribution in [0, 0.1) is 0 Å². The zero-order chi connectivity index (χ0) is 17.2. The van der Waals surface area contributed by atoms with Gasteiger partial charge in [-0.1, -0.05) is 0 Å². The molecule has 0 fully saturated rings. The Morgan fingerprint density at radius 3 is 1.43 bits per heavy atom. The van der Waals surface area contributed by atoms with Crippen molar-refractivity contribution >= 4 is 0 Å². The quantitative estimate of drug-likeness (QED) is 0.172. The number of quaternary nitrogens is 1. The minimum Gasteiger partial charge on any atom is -0.394 e. The second-order valence-electron chi connectivity index (χ2n) is 5.32. The number of aliphatic hydroxyl groups excluding tert-OH is 4. The lowest BCUT2D eigenvalue weighted by atomic mass is 10.3. The van der Waals surface area contributed by atoms with Gasteiger partial charge < -0.3 is 39.1 Å². The third kappa shape index (κ3) is 12.7. The van der Waals surface area contributed by atoms with Gasteiger partial charge in [-0.15, -0.1) is 0 Å². The second-order valence-corrected chi connectivity index (χ2v) is 5.32. The van der Waals surface area contributed by atoms with Gasteiger partial charge in [0.25, 0.3) is 0 Å². The van der Waals surface area contributed by atoms with Crippen LogP contribution in [0.5, 0.6) is 0 Å². The predicted octanol–water partition coefficient (Wildman–Crippen LogP) is -1.79. The molecule has 0 aliphatic rings. The fraction of sp³-hybridized carbons (Fsp3) is 1.00. The summed E-state index contributed by atoms with van der Waals surface area (Å²) in [5.41, 5.74) is 0. The molecule has 0 rings (SSSR count). The molecule has 0 spiro atoms. The van der Waals surface area contributed by atoms with Crippen molar-refractivity contribution in [3.8, 4) is 0 Å². The summed E-state index contributed by atoms with van der Waals surface area (Å²) in [6.45, 7) is 5.24. The molecule has 0 heterocycles. The van der Waals surface area contributed by atoms with E-state index in [4.69, 9.17) is 19.3 Å². The summed E-state index contributed by atoms with van der Waals surface area (Å²) in [5.74, 6) is 0. The Morgan fingerprint density at radius 1 is 0.478 bits per heavy atom. The maximum atomic E-state index is 9.17. The number of hydrogen-bond acceptors (Lipinski definition) is 7. The average Bonchev–Trinajstić information content (AvgIpc) is 2.53. The third-order valence-corrected chi connectivity index (χ3v) is 3.62. The van der Waals surface area contributed by atoms with E-state index in [0.717, 1.165) is 6.42 Å². The molecule has 0 aromatic carbocycles. The van der Waals surface area contributed by atoms with Crippen molar-refractivity contribution in [2.24, 2.45) is 0 Å². The Bertz CT molecular complexity index is 227. The average molecular weight is 340 g/mol. The van der Waals surface area contributed by atoms with Gasteiger partial charge in [-0.2, -0.15) is 0 Å². The van der Waals surface area contributed by atoms with Crippen molar-refractivity contribution in [1.29, 1.82) is 0 Å². The second kappa shape index (κ2) is 16.5. The SMILES string of the molecule is OCCOCCOCCCOCC[N+](CCO)(CCO)CCO. The standard InChI is InChI=1S/C15H34NO7/c17-6-2-16(3-7-18,4-8-19)5-12-21-10-1-11-22-14-15-23-13-9-20/h17-20H,1-15H2/q+1. The Hall–Kier alpha value is -0.320. The highest BCUT2D eigenvalue weighted by Crippen LogP contribution is 2.06. The summed E-state index contributed by atoms with van der Waals surface area (Å²) in [4.78, 5) is 0. The van der Waals surface area contributed by atoms with Gasteiger partial charge in [0, 0.05) is 13.2 Å². The predicted molar refractivity (Wildman–Crippen MR) is 85.1 cm³/mol. The zero-order valence-corrected chi connectivity index (χ0v) is 14.1. The van der Waals surface area contributed by atoms with Crippen LogP contribution in [-0.2, 0) is 14.2 Å². The van der Waals surface area contributed by atoms with E-state index in [2.05, 4.69) is 0 Å². The minimum atomic E-state index is 0.0200. The fourth-order valence-corrected chi connectivity index (χ4v) is 2.32. The molecule has 140 valence electrons. The monoisotopic (exact) mass is 340 g/mol. The van der Waals surface area contributed by atoms with Crippen LogP contribution in [0.3, 0.4) is 0 Å². The molecule has 0 bridgehead atoms. The third-order valence-electron chi connectivity index (χ3n) is 3.62. The Morgan fingerprint density at radius 2 is 0.957 bits per heavy atom. The number of ether oxygens (including phenoxy) is 3. The van der Waals surface area contributed by atoms with E-state index in [1.54, 1.807) is 0 Å². The van der Waals surface area contributed by atoms with Crippen LogP contribution in [0.2, 0.25) is 0 Å². The number of hydrogen-bond donors (Lipinski definition) is 4. The first-order chi connectivity index (χ1) is 11.2. The molecule has 23 heavy (non-hydrogen) atoms. The molecular formula is C15H34NO7+. The van der Waals surface area contributed by atoms with Crippen LogP contribution in [0.15, 0.2) is 0 Å². The van der Waals surface area contributed by atoms with Crippen molar-refractivity contribution in [1.82, 2.24) is 0 Å². The topological polar surface area (TPSA) is 109 Å². The number of nitrogens with zero attached hydrogens (tertiary/aromatic N) is 1. The van der Waals surface area contributed by atoms with Gasteiger partial charge in [-0.05, 0) is 6.42 Å². The smallest absolute Gasteiger partial charge is 0.103 e. The largest absolute Gasteiger partial charge is 0.394 e. The molecule has 4 N–H and O–H groups in total. The molecule has 0 aromatic rings. The summed E-state index contributed by atoms with van der Waals surface area (Å²) < 4.78 is 16.4. The van der Waals surface area contributed by atoms with Gasteiger partial charge in [0.05, 0.1) is 52.9 Å². The molecule has 0 atom stereocenters. The molecule has 8 nitrogen and oxygen atoms in total. The maximum Gasteiger partial charge on any atom is 0.103 e. The zero-order valence-electron chi connectivity index (χ0n) is 14.1. The molecule has 0 radical (unpaired) electrons. The van der Waals surface area contributed by atoms with Gasteiger partial charge in [0.15, 0.2) is 0 Å². The van der Waals surface area contributed by atoms with E-state index in [0.29, 0.717) is 70.3 Å². The van der Waals surface area contributed by atoms with Crippen molar-refractivity contribution in [3.05, 3.63) is 0 Å². The lowest BCUT2D eigenvalue weighted by Crippen LogP contribution is -2.55. The first-order valence-electron chi connectivity index (χ1n) is 8.26. The Labute approximate surface area is 138 Å². The lowest BCUT2D eigenvalue weighted by Gasteiger charge is -2.37. The van der Waals surface area contributed by atoms with Gasteiger partial charge in [0.1, 0.15) is 26.2 Å². The van der Waals surface area contributed by atoms with Crippen LogP contribution in [0.25, 0.3) is 0 Å². The summed E-state index contributed by atoms with van der Waals surface area (Å²) in [6.07, 6.45) is 0.778. The number of rotatable bonds is 18. The number of aliphatic hydroxyl groups is 4. The molecule has 8 heteroatoms. The molecule has 0 saturated heterocycles. The highest BCUT2D eigenvalue weighted by molar-refractivity contribution is 4.46. The van der Waals surface area contributed by atoms with Crippen LogP contribution in [0.4, 0.5) is 0 Å². The molecule has 0 aromatic heterocycles. The minimum absolute atomic E-state index is 0.0200. The van der Waals surface area contributed by atoms with Gasteiger partial charge >= 0.3 is 0 Å². The van der Waals surface area contributed by atoms with E-state index in [1.807, 2.05) is 0 Å². The first-order valence-corrected chi connectivity index (χ1v) is 8.26. The summed E-state index contributed by atoms with van der Waals surface area (Å²) in [7, 11) is 0. The summed E-state index contributed by atoms with van der Waals surface area (Å²) in [5, 5.41) is 36.0. The molecule has 0 saturated carbocycles. The van der Waals surface area contributed by atoms with Gasteiger partial charge in [0.2, 0.25) is 0 Å². The van der Waals surface area contributed by atoms with E-state index < -0.39 is 0 Å². The van der Waals surface area contributed by atoms with Crippen LogP contribution in [-0.4, -0.2) is 117 Å². The van der Waals surface area contributed by atoms with Crippen molar-refractivity contribution in [3.63, 3.8) is 0 Å². The fourth-order valence-electron chi connectivity index (χ4n) is 2.32. The van der Waals surface area contributed by atoms with Crippen molar-refractivity contribution < 1.29 is 39.1 Å². The highest BCUT2D eigenvalue weighted by Gasteiger charge is 2.25. The van der Waals surface area contributed by atoms with Crippen LogP contribution >= 0.6 is 0 Å². The van der Waals surface area contributed by atoms with E-state index in [9.17, 15) is 15.3 Å². The van der Waals surface area contributed by atoms with E-state index in [1.165, 1.54) is 0 Å². The normalized spacial score (nSPS) is 12.0. The Balaban J connectivity index is 3.65. The van der Waals surface area contributed by atoms with Crippen molar-refractivity contribution in [2.45, 2.75) is 6.42 Å². The summed E-state index contributed by atoms with van der Waals surface area (Å²) >= 11 is 0. The lowest BCUT2D eigenvalue weighted by molar-refractivity contribution is -0.929. The molecule has 0 unspecified atom stereocenters. The molecule has 0 aliphatic heterocycles. The summed E-state index contributed by atoms with van der Waals surface area (Å²) in [6, 6.07) is 0. The van der Waals surface area contributed by atoms with Gasteiger partial charge in [-0.3, -0.25) is 0 Å². The van der Waals surface area contributed by atoms with Gasteiger partial charge in [-0.25, -0.2) is 0 Å². The van der Waals surface area contributed by atoms with Crippen LogP contribution in [0.1, 0.15) is 6.42 Å². The van der Waals surface area contributed by atoms with E-state index in [-0.39, 0.29) is 26.4 Å². The maximum absolute atomic E-state index is 9.17. The molecular weight excluding hydrogens is 306 g/mol. The highest BCUT2D eigenvalue weighted by atomic mass is 16.5. The van der Waals surface area contributed by atoms with Crippen LogP contribution < -0.4 is 0 Å². The van der Waals surface area contributed by atoms with Crippen molar-refractivity contribution in [2.75, 3.05) is 92.2 Å².